The maximum atomic E-state index is 12.1. The predicted molar refractivity (Wildman–Crippen MR) is 87.5 cm³/mol. The van der Waals surface area contributed by atoms with Gasteiger partial charge in [-0.25, -0.2) is 12.7 Å². The van der Waals surface area contributed by atoms with Crippen molar-refractivity contribution in [2.75, 3.05) is 30.8 Å². The number of nitrogen functional groups attached to an aromatic ring is 1. The minimum atomic E-state index is -3.18. The molecule has 0 aliphatic carbocycles. The van der Waals surface area contributed by atoms with E-state index in [1.54, 1.807) is 7.05 Å². The average molecular weight is 316 g/mol. The third-order valence-corrected chi connectivity index (χ3v) is 5.73. The van der Waals surface area contributed by atoms with Crippen LogP contribution in [0.4, 0.5) is 5.69 Å². The molecular formula is C14H24N2O2S2. The fourth-order valence-corrected chi connectivity index (χ4v) is 4.39. The normalized spacial score (nSPS) is 12.8. The van der Waals surface area contributed by atoms with Crippen LogP contribution in [0.2, 0.25) is 0 Å². The standard InChI is InChI=1S/C14H24N2O2S2/c1-14(2,3)11-16(4)20(17,18)10-9-19-13-7-5-12(15)6-8-13/h5-8H,9-11,15H2,1-4H3. The Morgan fingerprint density at radius 3 is 2.25 bits per heavy atom. The van der Waals surface area contributed by atoms with Crippen LogP contribution in [0.3, 0.4) is 0 Å². The average Bonchev–Trinajstić information content (AvgIpc) is 2.29. The molecule has 1 aromatic carbocycles. The first kappa shape index (κ1) is 17.3. The van der Waals surface area contributed by atoms with Gasteiger partial charge >= 0.3 is 0 Å². The van der Waals surface area contributed by atoms with Gasteiger partial charge in [-0.1, -0.05) is 20.8 Å². The first-order chi connectivity index (χ1) is 9.10. The Labute approximate surface area is 126 Å². The fraction of sp³-hybridized carbons (Fsp3) is 0.571. The number of benzene rings is 1. The van der Waals surface area contributed by atoms with E-state index in [2.05, 4.69) is 0 Å². The molecule has 4 nitrogen and oxygen atoms in total. The lowest BCUT2D eigenvalue weighted by molar-refractivity contribution is 0.311. The summed E-state index contributed by atoms with van der Waals surface area (Å²) < 4.78 is 25.7. The van der Waals surface area contributed by atoms with Crippen molar-refractivity contribution in [3.8, 4) is 0 Å². The lowest BCUT2D eigenvalue weighted by Gasteiger charge is -2.26. The molecular weight excluding hydrogens is 292 g/mol. The Morgan fingerprint density at radius 1 is 1.20 bits per heavy atom. The number of thioether (sulfide) groups is 1. The smallest absolute Gasteiger partial charge is 0.214 e. The second-order valence-electron chi connectivity index (χ2n) is 6.05. The molecule has 0 radical (unpaired) electrons. The quantitative estimate of drug-likeness (QED) is 0.647. The van der Waals surface area contributed by atoms with Crippen molar-refractivity contribution in [3.63, 3.8) is 0 Å². The monoisotopic (exact) mass is 316 g/mol. The van der Waals surface area contributed by atoms with Crippen LogP contribution in [0.5, 0.6) is 0 Å². The summed E-state index contributed by atoms with van der Waals surface area (Å²) in [4.78, 5) is 1.04. The number of sulfonamides is 1. The van der Waals surface area contributed by atoms with Crippen LogP contribution in [0, 0.1) is 5.41 Å². The van der Waals surface area contributed by atoms with E-state index in [-0.39, 0.29) is 11.2 Å². The first-order valence-corrected chi connectivity index (χ1v) is 9.12. The van der Waals surface area contributed by atoms with Crippen molar-refractivity contribution in [2.24, 2.45) is 5.41 Å². The van der Waals surface area contributed by atoms with E-state index in [1.165, 1.54) is 16.1 Å². The molecule has 114 valence electrons. The lowest BCUT2D eigenvalue weighted by atomic mass is 9.97. The van der Waals surface area contributed by atoms with E-state index in [9.17, 15) is 8.42 Å². The highest BCUT2D eigenvalue weighted by Gasteiger charge is 2.23. The lowest BCUT2D eigenvalue weighted by Crippen LogP contribution is -2.36. The van der Waals surface area contributed by atoms with Crippen molar-refractivity contribution in [1.29, 1.82) is 0 Å². The third-order valence-electron chi connectivity index (χ3n) is 2.66. The minimum Gasteiger partial charge on any atom is -0.399 e. The van der Waals surface area contributed by atoms with Crippen LogP contribution in [-0.4, -0.2) is 37.8 Å². The summed E-state index contributed by atoms with van der Waals surface area (Å²) in [6.07, 6.45) is 0. The van der Waals surface area contributed by atoms with Crippen LogP contribution in [0.25, 0.3) is 0 Å². The number of nitrogens with two attached hydrogens (primary N) is 1. The van der Waals surface area contributed by atoms with Crippen molar-refractivity contribution in [1.82, 2.24) is 4.31 Å². The molecule has 0 saturated heterocycles. The van der Waals surface area contributed by atoms with Gasteiger partial charge in [0.25, 0.3) is 0 Å². The van der Waals surface area contributed by atoms with Gasteiger partial charge in [-0.15, -0.1) is 11.8 Å². The Balaban J connectivity index is 2.49. The van der Waals surface area contributed by atoms with E-state index in [1.807, 2.05) is 45.0 Å². The van der Waals surface area contributed by atoms with Crippen molar-refractivity contribution in [3.05, 3.63) is 24.3 Å². The summed E-state index contributed by atoms with van der Waals surface area (Å²) in [5, 5.41) is 0. The molecule has 0 amide bonds. The third kappa shape index (κ3) is 6.15. The molecule has 2 N–H and O–H groups in total. The Kier molecular flexibility index (Phi) is 5.91. The topological polar surface area (TPSA) is 63.4 Å². The van der Waals surface area contributed by atoms with Crippen LogP contribution in [-0.2, 0) is 10.0 Å². The maximum Gasteiger partial charge on any atom is 0.214 e. The molecule has 0 spiro atoms. The SMILES string of the molecule is CN(CC(C)(C)C)S(=O)(=O)CCSc1ccc(N)cc1. The molecule has 6 heteroatoms. The summed E-state index contributed by atoms with van der Waals surface area (Å²) in [6, 6.07) is 7.46. The summed E-state index contributed by atoms with van der Waals surface area (Å²) in [5.41, 5.74) is 6.29. The summed E-state index contributed by atoms with van der Waals surface area (Å²) in [7, 11) is -1.54. The molecule has 0 heterocycles. The largest absolute Gasteiger partial charge is 0.399 e. The zero-order valence-electron chi connectivity index (χ0n) is 12.6. The van der Waals surface area contributed by atoms with Gasteiger partial charge in [-0.3, -0.25) is 0 Å². The Hall–Kier alpha value is -0.720. The highest BCUT2D eigenvalue weighted by atomic mass is 32.2. The van der Waals surface area contributed by atoms with E-state index in [0.717, 1.165) is 4.90 Å². The van der Waals surface area contributed by atoms with Gasteiger partial charge in [0.15, 0.2) is 0 Å². The van der Waals surface area contributed by atoms with Crippen LogP contribution in [0.15, 0.2) is 29.2 Å². The van der Waals surface area contributed by atoms with Crippen molar-refractivity contribution >= 4 is 27.5 Å². The van der Waals surface area contributed by atoms with Gasteiger partial charge < -0.3 is 5.73 Å². The maximum absolute atomic E-state index is 12.1. The zero-order chi connectivity index (χ0) is 15.4. The molecule has 0 bridgehead atoms. The van der Waals surface area contributed by atoms with E-state index in [0.29, 0.717) is 18.0 Å². The highest BCUT2D eigenvalue weighted by Crippen LogP contribution is 2.21. The van der Waals surface area contributed by atoms with Crippen LogP contribution < -0.4 is 5.73 Å². The molecule has 20 heavy (non-hydrogen) atoms. The van der Waals surface area contributed by atoms with Crippen molar-refractivity contribution < 1.29 is 8.42 Å². The van der Waals surface area contributed by atoms with E-state index >= 15 is 0 Å². The van der Waals surface area contributed by atoms with Gasteiger partial charge in [0.05, 0.1) is 5.75 Å². The predicted octanol–water partition coefficient (Wildman–Crippen LogP) is 2.67. The molecule has 0 saturated carbocycles. The van der Waals surface area contributed by atoms with Gasteiger partial charge in [-0.05, 0) is 29.7 Å². The Morgan fingerprint density at radius 2 is 1.75 bits per heavy atom. The molecule has 1 rings (SSSR count). The number of nitrogens with zero attached hydrogens (tertiary/aromatic N) is 1. The Bertz CT molecular complexity index is 519. The summed E-state index contributed by atoms with van der Waals surface area (Å²) >= 11 is 1.53. The number of hydrogen-bond acceptors (Lipinski definition) is 4. The molecule has 0 atom stereocenters. The minimum absolute atomic E-state index is 0.0358. The molecule has 0 aromatic heterocycles. The summed E-state index contributed by atoms with van der Waals surface area (Å²) in [6.45, 7) is 6.62. The highest BCUT2D eigenvalue weighted by molar-refractivity contribution is 8.00. The van der Waals surface area contributed by atoms with Gasteiger partial charge in [0.1, 0.15) is 0 Å². The van der Waals surface area contributed by atoms with Crippen LogP contribution >= 0.6 is 11.8 Å². The van der Waals surface area contributed by atoms with Gasteiger partial charge in [0, 0.05) is 29.9 Å². The fourth-order valence-electron chi connectivity index (χ4n) is 1.75. The molecule has 0 aliphatic rings. The molecule has 0 fully saturated rings. The van der Waals surface area contributed by atoms with E-state index in [4.69, 9.17) is 5.73 Å². The van der Waals surface area contributed by atoms with Crippen LogP contribution in [0.1, 0.15) is 20.8 Å². The van der Waals surface area contributed by atoms with E-state index < -0.39 is 10.0 Å². The second kappa shape index (κ2) is 6.83. The second-order valence-corrected chi connectivity index (χ2v) is 9.41. The molecule has 0 aliphatic heterocycles. The molecule has 0 unspecified atom stereocenters. The number of anilines is 1. The van der Waals surface area contributed by atoms with Gasteiger partial charge in [0.2, 0.25) is 10.0 Å². The summed E-state index contributed by atoms with van der Waals surface area (Å²) in [5.74, 6) is 0.690. The zero-order valence-corrected chi connectivity index (χ0v) is 14.2. The first-order valence-electron chi connectivity index (χ1n) is 6.52. The molecule has 1 aromatic rings. The van der Waals surface area contributed by atoms with Gasteiger partial charge in [-0.2, -0.15) is 0 Å². The van der Waals surface area contributed by atoms with Crippen molar-refractivity contribution in [2.45, 2.75) is 25.7 Å². The number of hydrogen-bond donors (Lipinski definition) is 1. The number of rotatable bonds is 6.